The standard InChI is InChI=1S/C23H27F3N4/c1-27-23(29-22-13-18(22)17-4-2-3-5-19(17)24)28-16-8-10-30(11-9-16)14-15-6-7-20(25)21(26)12-15/h2-7,12,16,18,22H,8-11,13-14H2,1H3,(H2,27,28,29). The van der Waals surface area contributed by atoms with Crippen LogP contribution in [0.5, 0.6) is 0 Å². The van der Waals surface area contributed by atoms with Gasteiger partial charge in [0.2, 0.25) is 0 Å². The van der Waals surface area contributed by atoms with E-state index in [0.29, 0.717) is 12.6 Å². The molecule has 2 aliphatic rings. The Hall–Kier alpha value is -2.54. The molecule has 2 aromatic rings. The van der Waals surface area contributed by atoms with Crippen molar-refractivity contribution < 1.29 is 13.2 Å². The molecule has 1 aliphatic heterocycles. The van der Waals surface area contributed by atoms with Crippen LogP contribution >= 0.6 is 0 Å². The van der Waals surface area contributed by atoms with Crippen molar-refractivity contribution in [3.05, 3.63) is 71.0 Å². The number of guanidine groups is 1. The quantitative estimate of drug-likeness (QED) is 0.576. The SMILES string of the molecule is CN=C(NC1CCN(Cc2ccc(F)c(F)c2)CC1)NC1CC1c1ccccc1F. The zero-order valence-electron chi connectivity index (χ0n) is 17.0. The minimum atomic E-state index is -0.812. The van der Waals surface area contributed by atoms with Crippen molar-refractivity contribution in [2.24, 2.45) is 4.99 Å². The Balaban J connectivity index is 1.23. The molecule has 1 saturated carbocycles. The molecule has 4 nitrogen and oxygen atoms in total. The minimum Gasteiger partial charge on any atom is -0.354 e. The summed E-state index contributed by atoms with van der Waals surface area (Å²) in [5, 5.41) is 6.88. The van der Waals surface area contributed by atoms with Gasteiger partial charge in [0, 0.05) is 44.7 Å². The molecule has 7 heteroatoms. The van der Waals surface area contributed by atoms with Crippen LogP contribution in [0.1, 0.15) is 36.3 Å². The van der Waals surface area contributed by atoms with E-state index in [9.17, 15) is 13.2 Å². The van der Waals surface area contributed by atoms with E-state index < -0.39 is 11.6 Å². The number of nitrogens with zero attached hydrogens (tertiary/aromatic N) is 2. The number of piperidine rings is 1. The molecule has 4 rings (SSSR count). The van der Waals surface area contributed by atoms with Gasteiger partial charge in [-0.05, 0) is 48.6 Å². The Morgan fingerprint density at radius 1 is 1.00 bits per heavy atom. The molecule has 0 amide bonds. The summed E-state index contributed by atoms with van der Waals surface area (Å²) in [5.41, 5.74) is 1.54. The highest BCUT2D eigenvalue weighted by atomic mass is 19.2. The summed E-state index contributed by atoms with van der Waals surface area (Å²) in [4.78, 5) is 6.57. The Kier molecular flexibility index (Phi) is 6.27. The maximum Gasteiger partial charge on any atom is 0.191 e. The Morgan fingerprint density at radius 2 is 1.77 bits per heavy atom. The number of hydrogen-bond acceptors (Lipinski definition) is 2. The number of hydrogen-bond donors (Lipinski definition) is 2. The molecule has 160 valence electrons. The smallest absolute Gasteiger partial charge is 0.191 e. The van der Waals surface area contributed by atoms with Crippen molar-refractivity contribution in [3.8, 4) is 0 Å². The molecule has 0 aromatic heterocycles. The molecule has 1 heterocycles. The lowest BCUT2D eigenvalue weighted by Gasteiger charge is -2.33. The average molecular weight is 416 g/mol. The van der Waals surface area contributed by atoms with Gasteiger partial charge in [0.15, 0.2) is 17.6 Å². The largest absolute Gasteiger partial charge is 0.354 e. The molecule has 1 aliphatic carbocycles. The first-order chi connectivity index (χ1) is 14.5. The summed E-state index contributed by atoms with van der Waals surface area (Å²) in [6, 6.07) is 11.5. The highest BCUT2D eigenvalue weighted by molar-refractivity contribution is 5.80. The van der Waals surface area contributed by atoms with Gasteiger partial charge in [-0.25, -0.2) is 13.2 Å². The van der Waals surface area contributed by atoms with E-state index in [0.717, 1.165) is 49.4 Å². The van der Waals surface area contributed by atoms with E-state index in [2.05, 4.69) is 20.5 Å². The number of nitrogens with one attached hydrogen (secondary N) is 2. The normalized spacial score (nSPS) is 22.7. The summed E-state index contributed by atoms with van der Waals surface area (Å²) in [6.45, 7) is 2.35. The van der Waals surface area contributed by atoms with Crippen molar-refractivity contribution in [2.45, 2.75) is 43.8 Å². The van der Waals surface area contributed by atoms with E-state index in [4.69, 9.17) is 0 Å². The lowest BCUT2D eigenvalue weighted by Crippen LogP contribution is -2.49. The van der Waals surface area contributed by atoms with Crippen molar-refractivity contribution in [2.75, 3.05) is 20.1 Å². The summed E-state index contributed by atoms with van der Waals surface area (Å²) >= 11 is 0. The van der Waals surface area contributed by atoms with E-state index in [1.165, 1.54) is 18.2 Å². The fraction of sp³-hybridized carbons (Fsp3) is 0.435. The molecule has 1 saturated heterocycles. The van der Waals surface area contributed by atoms with Crippen molar-refractivity contribution >= 4 is 5.96 Å². The van der Waals surface area contributed by atoms with E-state index >= 15 is 0 Å². The van der Waals surface area contributed by atoms with Gasteiger partial charge in [-0.2, -0.15) is 0 Å². The summed E-state index contributed by atoms with van der Waals surface area (Å²) in [5.74, 6) is -0.829. The first-order valence-corrected chi connectivity index (χ1v) is 10.4. The lowest BCUT2D eigenvalue weighted by molar-refractivity contribution is 0.198. The molecule has 0 spiro atoms. The molecule has 2 N–H and O–H groups in total. The first-order valence-electron chi connectivity index (χ1n) is 10.4. The van der Waals surface area contributed by atoms with Gasteiger partial charge < -0.3 is 10.6 Å². The third kappa shape index (κ3) is 4.95. The van der Waals surface area contributed by atoms with Crippen LogP contribution in [-0.4, -0.2) is 43.1 Å². The minimum absolute atomic E-state index is 0.150. The highest BCUT2D eigenvalue weighted by Gasteiger charge is 2.40. The van der Waals surface area contributed by atoms with Gasteiger partial charge >= 0.3 is 0 Å². The van der Waals surface area contributed by atoms with Crippen molar-refractivity contribution in [1.82, 2.24) is 15.5 Å². The molecule has 2 aromatic carbocycles. The predicted octanol–water partition coefficient (Wildman–Crippen LogP) is 3.79. The Morgan fingerprint density at radius 3 is 2.47 bits per heavy atom. The summed E-state index contributed by atoms with van der Waals surface area (Å²) < 4.78 is 40.4. The van der Waals surface area contributed by atoms with Crippen LogP contribution in [0.4, 0.5) is 13.2 Å². The van der Waals surface area contributed by atoms with E-state index in [1.54, 1.807) is 19.2 Å². The van der Waals surface area contributed by atoms with Crippen LogP contribution in [0.15, 0.2) is 47.5 Å². The molecular formula is C23H27F3N4. The second kappa shape index (κ2) is 9.08. The highest BCUT2D eigenvalue weighted by Crippen LogP contribution is 2.41. The van der Waals surface area contributed by atoms with Gasteiger partial charge in [-0.1, -0.05) is 24.3 Å². The third-order valence-corrected chi connectivity index (χ3v) is 5.96. The van der Waals surface area contributed by atoms with Gasteiger partial charge in [-0.3, -0.25) is 9.89 Å². The zero-order chi connectivity index (χ0) is 21.1. The van der Waals surface area contributed by atoms with Crippen molar-refractivity contribution in [1.29, 1.82) is 0 Å². The van der Waals surface area contributed by atoms with Crippen LogP contribution in [0.2, 0.25) is 0 Å². The number of benzene rings is 2. The molecule has 30 heavy (non-hydrogen) atoms. The lowest BCUT2D eigenvalue weighted by atomic mass is 10.0. The first kappa shape index (κ1) is 20.7. The van der Waals surface area contributed by atoms with Gasteiger partial charge in [0.25, 0.3) is 0 Å². The number of halogens is 3. The molecular weight excluding hydrogens is 389 g/mol. The Bertz CT molecular complexity index is 909. The van der Waals surface area contributed by atoms with E-state index in [-0.39, 0.29) is 17.8 Å². The maximum absolute atomic E-state index is 14.0. The number of aliphatic imine (C=N–C) groups is 1. The van der Waals surface area contributed by atoms with E-state index in [1.807, 2.05) is 12.1 Å². The van der Waals surface area contributed by atoms with Crippen LogP contribution in [-0.2, 0) is 6.54 Å². The molecule has 2 unspecified atom stereocenters. The van der Waals surface area contributed by atoms with Gasteiger partial charge in [-0.15, -0.1) is 0 Å². The van der Waals surface area contributed by atoms with Crippen molar-refractivity contribution in [3.63, 3.8) is 0 Å². The van der Waals surface area contributed by atoms with Crippen LogP contribution < -0.4 is 10.6 Å². The predicted molar refractivity (Wildman–Crippen MR) is 112 cm³/mol. The average Bonchev–Trinajstić information content (AvgIpc) is 3.51. The number of rotatable bonds is 5. The number of likely N-dealkylation sites (tertiary alicyclic amines) is 1. The van der Waals surface area contributed by atoms with Crippen LogP contribution in [0.3, 0.4) is 0 Å². The fourth-order valence-corrected chi connectivity index (χ4v) is 4.15. The molecule has 2 fully saturated rings. The molecule has 0 bridgehead atoms. The van der Waals surface area contributed by atoms with Crippen LogP contribution in [0, 0.1) is 17.5 Å². The summed E-state index contributed by atoms with van der Waals surface area (Å²) in [7, 11) is 1.74. The Labute approximate surface area is 175 Å². The summed E-state index contributed by atoms with van der Waals surface area (Å²) in [6.07, 6.45) is 2.77. The van der Waals surface area contributed by atoms with Gasteiger partial charge in [0.05, 0.1) is 0 Å². The monoisotopic (exact) mass is 416 g/mol. The fourth-order valence-electron chi connectivity index (χ4n) is 4.15. The van der Waals surface area contributed by atoms with Gasteiger partial charge in [0.1, 0.15) is 5.82 Å². The second-order valence-corrected chi connectivity index (χ2v) is 8.13. The maximum atomic E-state index is 14.0. The topological polar surface area (TPSA) is 39.7 Å². The van der Waals surface area contributed by atoms with Crippen LogP contribution in [0.25, 0.3) is 0 Å². The molecule has 2 atom stereocenters. The zero-order valence-corrected chi connectivity index (χ0v) is 17.0. The third-order valence-electron chi connectivity index (χ3n) is 5.96. The second-order valence-electron chi connectivity index (χ2n) is 8.13. The molecule has 0 radical (unpaired) electrons.